The summed E-state index contributed by atoms with van der Waals surface area (Å²) in [5.41, 5.74) is 5.18. The molecule has 1 aromatic carbocycles. The summed E-state index contributed by atoms with van der Waals surface area (Å²) in [4.78, 5) is 37.6. The van der Waals surface area contributed by atoms with Gasteiger partial charge >= 0.3 is 5.69 Å². The lowest BCUT2D eigenvalue weighted by atomic mass is 10.1. The maximum absolute atomic E-state index is 13.1. The predicted molar refractivity (Wildman–Crippen MR) is 119 cm³/mol. The van der Waals surface area contributed by atoms with Crippen LogP contribution in [-0.4, -0.2) is 42.0 Å². The average Bonchev–Trinajstić information content (AvgIpc) is 3.18. The van der Waals surface area contributed by atoms with Gasteiger partial charge < -0.3 is 15.0 Å². The summed E-state index contributed by atoms with van der Waals surface area (Å²) >= 11 is 1.17. The minimum Gasteiger partial charge on any atom is -0.496 e. The fraction of sp³-hybridized carbons (Fsp3) is 0.350. The van der Waals surface area contributed by atoms with Gasteiger partial charge in [0.25, 0.3) is 5.56 Å². The fourth-order valence-corrected chi connectivity index (χ4v) is 4.17. The topological polar surface area (TPSA) is 127 Å². The molecule has 0 radical (unpaired) electrons. The summed E-state index contributed by atoms with van der Waals surface area (Å²) in [7, 11) is 4.31. The number of benzene rings is 1. The Morgan fingerprint density at radius 2 is 1.87 bits per heavy atom. The first-order valence-electron chi connectivity index (χ1n) is 9.55. The highest BCUT2D eigenvalue weighted by molar-refractivity contribution is 8.00. The Morgan fingerprint density at radius 3 is 2.52 bits per heavy atom. The van der Waals surface area contributed by atoms with Gasteiger partial charge in [0.1, 0.15) is 17.1 Å². The number of hydrogen-bond acceptors (Lipinski definition) is 8. The van der Waals surface area contributed by atoms with E-state index in [1.54, 1.807) is 14.0 Å². The summed E-state index contributed by atoms with van der Waals surface area (Å²) in [6.45, 7) is 4.17. The van der Waals surface area contributed by atoms with Crippen LogP contribution in [0.4, 0.5) is 5.82 Å². The van der Waals surface area contributed by atoms with Crippen LogP contribution in [0.15, 0.2) is 39.0 Å². The number of thioether (sulfide) groups is 1. The Labute approximate surface area is 182 Å². The number of ketones is 1. The fourth-order valence-electron chi connectivity index (χ4n) is 3.20. The smallest absolute Gasteiger partial charge is 0.332 e. The molecule has 0 fully saturated rings. The van der Waals surface area contributed by atoms with Crippen molar-refractivity contribution >= 4 is 23.4 Å². The van der Waals surface area contributed by atoms with Gasteiger partial charge in [0.05, 0.1) is 17.9 Å². The molecule has 1 atom stereocenters. The van der Waals surface area contributed by atoms with Gasteiger partial charge in [0.15, 0.2) is 16.8 Å². The zero-order chi connectivity index (χ0) is 22.9. The Balaban J connectivity index is 1.98. The third-order valence-electron chi connectivity index (χ3n) is 4.99. The lowest BCUT2D eigenvalue weighted by Crippen LogP contribution is -2.42. The number of carbonyl (C=O) groups excluding carboxylic acids is 1. The highest BCUT2D eigenvalue weighted by Crippen LogP contribution is 2.32. The van der Waals surface area contributed by atoms with Gasteiger partial charge in [-0.2, -0.15) is 0 Å². The van der Waals surface area contributed by atoms with Gasteiger partial charge in [-0.3, -0.25) is 18.7 Å². The summed E-state index contributed by atoms with van der Waals surface area (Å²) in [6, 6.07) is 7.46. The van der Waals surface area contributed by atoms with Gasteiger partial charge in [-0.25, -0.2) is 4.79 Å². The lowest BCUT2D eigenvalue weighted by Gasteiger charge is -2.15. The zero-order valence-corrected chi connectivity index (χ0v) is 18.8. The lowest BCUT2D eigenvalue weighted by molar-refractivity contribution is 0.0992. The summed E-state index contributed by atoms with van der Waals surface area (Å²) in [5.74, 6) is 0.631. The van der Waals surface area contributed by atoms with E-state index in [4.69, 9.17) is 10.5 Å². The summed E-state index contributed by atoms with van der Waals surface area (Å²) < 4.78 is 9.25. The number of aromatic nitrogens is 5. The second kappa shape index (κ2) is 8.80. The SMILES string of the molecule is CCn1c(SC(C)C(=O)c2c(N)n(C)c(=O)n(C)c2=O)nnc1-c1ccccc1OC. The highest BCUT2D eigenvalue weighted by atomic mass is 32.2. The van der Waals surface area contributed by atoms with Crippen LogP contribution in [0.2, 0.25) is 0 Å². The van der Waals surface area contributed by atoms with Crippen LogP contribution >= 0.6 is 11.8 Å². The van der Waals surface area contributed by atoms with Crippen LogP contribution in [0, 0.1) is 0 Å². The first-order valence-corrected chi connectivity index (χ1v) is 10.4. The number of rotatable bonds is 7. The summed E-state index contributed by atoms with van der Waals surface area (Å²) in [5, 5.41) is 8.37. The number of para-hydroxylation sites is 1. The number of methoxy groups -OCH3 is 1. The monoisotopic (exact) mass is 444 g/mol. The number of hydrogen-bond donors (Lipinski definition) is 1. The first kappa shape index (κ1) is 22.3. The molecule has 3 rings (SSSR count). The minimum atomic E-state index is -0.718. The standard InChI is InChI=1S/C20H24N6O4S/c1-6-26-17(12-9-7-8-10-13(12)30-5)22-23-19(26)31-11(2)15(27)14-16(21)24(3)20(29)25(4)18(14)28/h7-11H,6,21H2,1-5H3. The third-order valence-corrected chi connectivity index (χ3v) is 6.07. The van der Waals surface area contributed by atoms with E-state index in [0.717, 1.165) is 14.7 Å². The van der Waals surface area contributed by atoms with Crippen molar-refractivity contribution in [2.45, 2.75) is 30.8 Å². The molecule has 31 heavy (non-hydrogen) atoms. The van der Waals surface area contributed by atoms with Crippen LogP contribution < -0.4 is 21.7 Å². The largest absolute Gasteiger partial charge is 0.496 e. The molecule has 0 aliphatic carbocycles. The number of anilines is 1. The van der Waals surface area contributed by atoms with E-state index < -0.39 is 22.3 Å². The molecule has 164 valence electrons. The van der Waals surface area contributed by atoms with Crippen molar-refractivity contribution < 1.29 is 9.53 Å². The van der Waals surface area contributed by atoms with E-state index in [0.29, 0.717) is 23.3 Å². The average molecular weight is 445 g/mol. The molecule has 0 saturated carbocycles. The van der Waals surface area contributed by atoms with Crippen molar-refractivity contribution in [2.75, 3.05) is 12.8 Å². The van der Waals surface area contributed by atoms with Gasteiger partial charge in [-0.15, -0.1) is 10.2 Å². The molecule has 2 aromatic heterocycles. The molecule has 2 N–H and O–H groups in total. The van der Waals surface area contributed by atoms with E-state index >= 15 is 0 Å². The second-order valence-corrected chi connectivity index (χ2v) is 8.15. The minimum absolute atomic E-state index is 0.155. The number of carbonyl (C=O) groups is 1. The molecule has 1 unspecified atom stereocenters. The van der Waals surface area contributed by atoms with E-state index in [1.807, 2.05) is 35.8 Å². The number of nitrogens with zero attached hydrogens (tertiary/aromatic N) is 5. The number of Topliss-reactive ketones (excluding diaryl/α,β-unsaturated/α-hetero) is 1. The molecule has 0 bridgehead atoms. The van der Waals surface area contributed by atoms with E-state index in [1.165, 1.54) is 25.9 Å². The molecule has 0 aliphatic heterocycles. The normalized spacial score (nSPS) is 12.0. The zero-order valence-electron chi connectivity index (χ0n) is 17.9. The highest BCUT2D eigenvalue weighted by Gasteiger charge is 2.27. The first-order chi connectivity index (χ1) is 14.7. The molecular formula is C20H24N6O4S. The number of ether oxygens (including phenoxy) is 1. The number of nitrogen functional groups attached to an aromatic ring is 1. The second-order valence-electron chi connectivity index (χ2n) is 6.84. The molecule has 0 amide bonds. The van der Waals surface area contributed by atoms with E-state index in [9.17, 15) is 14.4 Å². The third kappa shape index (κ3) is 3.88. The maximum atomic E-state index is 13.1. The van der Waals surface area contributed by atoms with Gasteiger partial charge in [0.2, 0.25) is 0 Å². The van der Waals surface area contributed by atoms with E-state index in [2.05, 4.69) is 10.2 Å². The van der Waals surface area contributed by atoms with Crippen molar-refractivity contribution in [2.24, 2.45) is 14.1 Å². The molecule has 0 aliphatic rings. The maximum Gasteiger partial charge on any atom is 0.332 e. The summed E-state index contributed by atoms with van der Waals surface area (Å²) in [6.07, 6.45) is 0. The molecular weight excluding hydrogens is 420 g/mol. The van der Waals surface area contributed by atoms with Crippen molar-refractivity contribution in [1.29, 1.82) is 0 Å². The van der Waals surface area contributed by atoms with Gasteiger partial charge in [-0.1, -0.05) is 23.9 Å². The Kier molecular flexibility index (Phi) is 6.34. The molecule has 10 nitrogen and oxygen atoms in total. The van der Waals surface area contributed by atoms with Crippen molar-refractivity contribution in [3.63, 3.8) is 0 Å². The van der Waals surface area contributed by atoms with Crippen LogP contribution in [0.5, 0.6) is 5.75 Å². The van der Waals surface area contributed by atoms with Crippen molar-refractivity contribution in [3.05, 3.63) is 50.7 Å². The van der Waals surface area contributed by atoms with Crippen molar-refractivity contribution in [1.82, 2.24) is 23.9 Å². The molecule has 0 spiro atoms. The molecule has 2 heterocycles. The Bertz CT molecular complexity index is 1260. The van der Waals surface area contributed by atoms with Crippen LogP contribution in [0.1, 0.15) is 24.2 Å². The van der Waals surface area contributed by atoms with Gasteiger partial charge in [0, 0.05) is 20.6 Å². The molecule has 3 aromatic rings. The number of nitrogens with two attached hydrogens (primary N) is 1. The Hall–Kier alpha value is -3.34. The van der Waals surface area contributed by atoms with Crippen LogP contribution in [-0.2, 0) is 20.6 Å². The molecule has 0 saturated heterocycles. The van der Waals surface area contributed by atoms with Gasteiger partial charge in [-0.05, 0) is 26.0 Å². The Morgan fingerprint density at radius 1 is 1.19 bits per heavy atom. The predicted octanol–water partition coefficient (Wildman–Crippen LogP) is 1.32. The van der Waals surface area contributed by atoms with E-state index in [-0.39, 0.29) is 11.4 Å². The van der Waals surface area contributed by atoms with Crippen LogP contribution in [0.3, 0.4) is 0 Å². The quantitative estimate of drug-likeness (QED) is 0.427. The van der Waals surface area contributed by atoms with Crippen LogP contribution in [0.25, 0.3) is 11.4 Å². The molecule has 11 heteroatoms. The van der Waals surface area contributed by atoms with Crippen molar-refractivity contribution in [3.8, 4) is 17.1 Å².